The van der Waals surface area contributed by atoms with Gasteiger partial charge in [0.15, 0.2) is 0 Å². The Morgan fingerprint density at radius 3 is 2.13 bits per heavy atom. The third-order valence-corrected chi connectivity index (χ3v) is 8.52. The van der Waals surface area contributed by atoms with Gasteiger partial charge in [-0.25, -0.2) is 8.42 Å². The van der Waals surface area contributed by atoms with Gasteiger partial charge in [0.2, 0.25) is 21.8 Å². The molecule has 1 atom stereocenters. The molecular formula is C30H43N3O5S. The van der Waals surface area contributed by atoms with Gasteiger partial charge in [-0.1, -0.05) is 64.3 Å². The molecule has 9 heteroatoms. The topological polar surface area (TPSA) is 96.0 Å². The number of rotatable bonds is 12. The molecule has 0 spiro atoms. The molecule has 0 radical (unpaired) electrons. The molecule has 1 aliphatic rings. The van der Waals surface area contributed by atoms with Crippen molar-refractivity contribution in [2.24, 2.45) is 0 Å². The van der Waals surface area contributed by atoms with Gasteiger partial charge < -0.3 is 15.0 Å². The van der Waals surface area contributed by atoms with E-state index in [1.807, 2.05) is 31.2 Å². The van der Waals surface area contributed by atoms with Crippen molar-refractivity contribution in [3.63, 3.8) is 0 Å². The maximum absolute atomic E-state index is 13.9. The molecule has 214 valence electrons. The van der Waals surface area contributed by atoms with Crippen molar-refractivity contribution in [3.05, 3.63) is 59.7 Å². The number of nitrogens with one attached hydrogen (secondary N) is 1. The van der Waals surface area contributed by atoms with Crippen molar-refractivity contribution in [3.8, 4) is 5.75 Å². The molecule has 1 fully saturated rings. The van der Waals surface area contributed by atoms with E-state index < -0.39 is 28.5 Å². The molecule has 39 heavy (non-hydrogen) atoms. The summed E-state index contributed by atoms with van der Waals surface area (Å²) < 4.78 is 32.0. The fraction of sp³-hybridized carbons (Fsp3) is 0.533. The molecule has 3 rings (SSSR count). The second-order valence-electron chi connectivity index (χ2n) is 10.7. The van der Waals surface area contributed by atoms with Crippen molar-refractivity contribution in [1.82, 2.24) is 10.2 Å². The van der Waals surface area contributed by atoms with E-state index in [0.29, 0.717) is 23.8 Å². The van der Waals surface area contributed by atoms with E-state index in [4.69, 9.17) is 4.74 Å². The van der Waals surface area contributed by atoms with Crippen LogP contribution in [-0.2, 0) is 26.2 Å². The van der Waals surface area contributed by atoms with Gasteiger partial charge in [-0.2, -0.15) is 0 Å². The summed E-state index contributed by atoms with van der Waals surface area (Å²) in [6.45, 7) is 5.77. The summed E-state index contributed by atoms with van der Waals surface area (Å²) in [5.74, 6) is 0.348. The normalized spacial score (nSPS) is 15.0. The number of hydrogen-bond acceptors (Lipinski definition) is 5. The number of hydrogen-bond donors (Lipinski definition) is 1. The zero-order chi connectivity index (χ0) is 28.6. The molecule has 2 amide bonds. The van der Waals surface area contributed by atoms with Gasteiger partial charge in [-0.3, -0.25) is 13.9 Å². The van der Waals surface area contributed by atoms with Crippen LogP contribution in [0.1, 0.15) is 76.3 Å². The lowest BCUT2D eigenvalue weighted by Gasteiger charge is -2.34. The lowest BCUT2D eigenvalue weighted by Crippen LogP contribution is -2.53. The predicted molar refractivity (Wildman–Crippen MR) is 155 cm³/mol. The summed E-state index contributed by atoms with van der Waals surface area (Å²) in [4.78, 5) is 28.9. The lowest BCUT2D eigenvalue weighted by molar-refractivity contribution is -0.140. The average Bonchev–Trinajstić information content (AvgIpc) is 2.91. The van der Waals surface area contributed by atoms with Crippen LogP contribution in [-0.4, -0.2) is 57.1 Å². The zero-order valence-corrected chi connectivity index (χ0v) is 24.7. The van der Waals surface area contributed by atoms with Crippen molar-refractivity contribution < 1.29 is 22.7 Å². The third kappa shape index (κ3) is 8.46. The quantitative estimate of drug-likeness (QED) is 0.403. The average molecular weight is 558 g/mol. The molecule has 8 nitrogen and oxygen atoms in total. The fourth-order valence-corrected chi connectivity index (χ4v) is 5.88. The second kappa shape index (κ2) is 13.8. The van der Waals surface area contributed by atoms with Crippen LogP contribution in [0.5, 0.6) is 5.75 Å². The first-order valence-corrected chi connectivity index (χ1v) is 15.7. The number of ether oxygens (including phenoxy) is 1. The number of nitrogens with zero attached hydrogens (tertiary/aromatic N) is 2. The minimum atomic E-state index is -3.77. The number of amides is 2. The van der Waals surface area contributed by atoms with Crippen LogP contribution >= 0.6 is 0 Å². The van der Waals surface area contributed by atoms with Crippen LogP contribution in [0.25, 0.3) is 0 Å². The number of carbonyl (C=O) groups excluding carboxylic acids is 2. The van der Waals surface area contributed by atoms with Gasteiger partial charge >= 0.3 is 0 Å². The summed E-state index contributed by atoms with van der Waals surface area (Å²) in [6, 6.07) is 13.9. The number of methoxy groups -OCH3 is 1. The summed E-state index contributed by atoms with van der Waals surface area (Å²) in [7, 11) is -2.18. The maximum Gasteiger partial charge on any atom is 0.244 e. The van der Waals surface area contributed by atoms with Crippen LogP contribution in [0, 0.1) is 0 Å². The first-order chi connectivity index (χ1) is 18.5. The van der Waals surface area contributed by atoms with Gasteiger partial charge in [0, 0.05) is 12.6 Å². The number of anilines is 1. The van der Waals surface area contributed by atoms with Gasteiger partial charge in [0.05, 0.1) is 19.1 Å². The summed E-state index contributed by atoms with van der Waals surface area (Å²) >= 11 is 0. The Morgan fingerprint density at radius 2 is 1.62 bits per heavy atom. The van der Waals surface area contributed by atoms with Gasteiger partial charge in [0.25, 0.3) is 0 Å². The van der Waals surface area contributed by atoms with E-state index in [0.717, 1.165) is 47.4 Å². The smallest absolute Gasteiger partial charge is 0.244 e. The zero-order valence-electron chi connectivity index (χ0n) is 23.9. The van der Waals surface area contributed by atoms with E-state index in [2.05, 4.69) is 19.2 Å². The van der Waals surface area contributed by atoms with Gasteiger partial charge in [-0.15, -0.1) is 0 Å². The maximum atomic E-state index is 13.9. The highest BCUT2D eigenvalue weighted by molar-refractivity contribution is 7.92. The Bertz CT molecular complexity index is 1190. The molecule has 0 bridgehead atoms. The molecular weight excluding hydrogens is 514 g/mol. The molecule has 1 saturated carbocycles. The van der Waals surface area contributed by atoms with Crippen LogP contribution in [0.3, 0.4) is 0 Å². The largest absolute Gasteiger partial charge is 0.497 e. The number of carbonyl (C=O) groups is 2. The van der Waals surface area contributed by atoms with E-state index in [9.17, 15) is 18.0 Å². The Labute approximate surface area is 233 Å². The van der Waals surface area contributed by atoms with Crippen molar-refractivity contribution in [1.29, 1.82) is 0 Å². The third-order valence-electron chi connectivity index (χ3n) is 7.38. The minimum absolute atomic E-state index is 0.102. The van der Waals surface area contributed by atoms with Crippen LogP contribution < -0.4 is 14.4 Å². The highest BCUT2D eigenvalue weighted by atomic mass is 32.2. The Kier molecular flexibility index (Phi) is 10.8. The number of benzene rings is 2. The van der Waals surface area contributed by atoms with Crippen molar-refractivity contribution in [2.45, 2.75) is 83.8 Å². The SMILES string of the molecule is CCC(C(=O)NC1CCCCC1)N(Cc1ccc(OC)cc1)C(=O)CN(c1ccc(C(C)C)cc1)S(C)(=O)=O. The van der Waals surface area contributed by atoms with E-state index in [-0.39, 0.29) is 18.5 Å². The first kappa shape index (κ1) is 30.5. The lowest BCUT2D eigenvalue weighted by atomic mass is 9.95. The standard InChI is InChI=1S/C30H43N3O5S/c1-6-28(30(35)31-25-10-8-7-9-11-25)32(20-23-12-18-27(38-4)19-13-23)29(34)21-33(39(5,36)37)26-16-14-24(15-17-26)22(2)3/h12-19,22,25,28H,6-11,20-21H2,1-5H3,(H,31,35). The molecule has 0 saturated heterocycles. The molecule has 1 N–H and O–H groups in total. The van der Waals surface area contributed by atoms with Crippen LogP contribution in [0.2, 0.25) is 0 Å². The summed E-state index contributed by atoms with van der Waals surface area (Å²) in [5, 5.41) is 3.16. The fourth-order valence-electron chi connectivity index (χ4n) is 5.03. The van der Waals surface area contributed by atoms with Crippen molar-refractivity contribution in [2.75, 3.05) is 24.2 Å². The van der Waals surface area contributed by atoms with Gasteiger partial charge in [0.1, 0.15) is 18.3 Å². The summed E-state index contributed by atoms with van der Waals surface area (Å²) in [5.41, 5.74) is 2.31. The number of sulfonamides is 1. The second-order valence-corrected chi connectivity index (χ2v) is 12.6. The summed E-state index contributed by atoms with van der Waals surface area (Å²) in [6.07, 6.45) is 6.70. The van der Waals surface area contributed by atoms with Crippen molar-refractivity contribution >= 4 is 27.5 Å². The molecule has 1 aliphatic carbocycles. The molecule has 0 aromatic heterocycles. The highest BCUT2D eigenvalue weighted by Gasteiger charge is 2.32. The van der Waals surface area contributed by atoms with Crippen LogP contribution in [0.4, 0.5) is 5.69 Å². The van der Waals surface area contributed by atoms with Gasteiger partial charge in [-0.05, 0) is 60.6 Å². The highest BCUT2D eigenvalue weighted by Crippen LogP contribution is 2.24. The van der Waals surface area contributed by atoms with E-state index in [1.54, 1.807) is 31.4 Å². The molecule has 0 aliphatic heterocycles. The predicted octanol–water partition coefficient (Wildman–Crippen LogP) is 4.84. The minimum Gasteiger partial charge on any atom is -0.497 e. The molecule has 2 aromatic carbocycles. The van der Waals surface area contributed by atoms with E-state index in [1.165, 1.54) is 11.3 Å². The Balaban J connectivity index is 1.91. The molecule has 2 aromatic rings. The first-order valence-electron chi connectivity index (χ1n) is 13.8. The molecule has 0 heterocycles. The van der Waals surface area contributed by atoms with E-state index >= 15 is 0 Å². The monoisotopic (exact) mass is 557 g/mol. The Morgan fingerprint density at radius 1 is 1.00 bits per heavy atom. The Hall–Kier alpha value is -3.07. The van der Waals surface area contributed by atoms with Crippen LogP contribution in [0.15, 0.2) is 48.5 Å². The molecule has 1 unspecified atom stereocenters.